The first-order valence-corrected chi connectivity index (χ1v) is 10.6. The second kappa shape index (κ2) is 11.2. The number of halogens is 1. The van der Waals surface area contributed by atoms with Crippen molar-refractivity contribution in [1.29, 1.82) is 0 Å². The molecular formula is C21H20ClN5O3S. The van der Waals surface area contributed by atoms with E-state index in [2.05, 4.69) is 27.3 Å². The highest BCUT2D eigenvalue weighted by atomic mass is 35.5. The molecule has 0 saturated heterocycles. The van der Waals surface area contributed by atoms with Crippen molar-refractivity contribution in [2.24, 2.45) is 5.10 Å². The number of carbonyl (C=O) groups excluding carboxylic acids is 1. The highest BCUT2D eigenvalue weighted by Crippen LogP contribution is 2.20. The smallest absolute Gasteiger partial charge is 0.250 e. The molecule has 8 nitrogen and oxygen atoms in total. The fourth-order valence-electron chi connectivity index (χ4n) is 2.47. The van der Waals surface area contributed by atoms with Crippen LogP contribution in [0.15, 0.2) is 71.4 Å². The van der Waals surface area contributed by atoms with E-state index in [9.17, 15) is 9.90 Å². The van der Waals surface area contributed by atoms with Crippen molar-refractivity contribution in [2.45, 2.75) is 18.3 Å². The SMILES string of the molecule is C=CCn1c(COc2ccccc2)nnc1SCC(=O)N/N=C\c1cc(Cl)ccc1O. The van der Waals surface area contributed by atoms with E-state index >= 15 is 0 Å². The molecule has 0 aliphatic carbocycles. The Hall–Kier alpha value is -3.30. The van der Waals surface area contributed by atoms with Crippen LogP contribution in [-0.4, -0.2) is 37.7 Å². The van der Waals surface area contributed by atoms with Gasteiger partial charge in [0.25, 0.3) is 5.91 Å². The molecule has 1 aromatic heterocycles. The molecule has 3 aromatic rings. The van der Waals surface area contributed by atoms with Gasteiger partial charge in [-0.2, -0.15) is 5.10 Å². The predicted octanol–water partition coefficient (Wildman–Crippen LogP) is 3.64. The van der Waals surface area contributed by atoms with E-state index in [-0.39, 0.29) is 24.0 Å². The summed E-state index contributed by atoms with van der Waals surface area (Å²) in [5.74, 6) is 1.11. The minimum atomic E-state index is -0.335. The molecule has 2 N–H and O–H groups in total. The quantitative estimate of drug-likeness (QED) is 0.208. The van der Waals surface area contributed by atoms with Crippen LogP contribution in [0.3, 0.4) is 0 Å². The molecule has 0 spiro atoms. The van der Waals surface area contributed by atoms with E-state index in [4.69, 9.17) is 16.3 Å². The number of hydrazone groups is 1. The van der Waals surface area contributed by atoms with E-state index in [1.54, 1.807) is 12.1 Å². The lowest BCUT2D eigenvalue weighted by Gasteiger charge is -2.09. The predicted molar refractivity (Wildman–Crippen MR) is 121 cm³/mol. The zero-order valence-corrected chi connectivity index (χ0v) is 18.0. The molecular weight excluding hydrogens is 438 g/mol. The lowest BCUT2D eigenvalue weighted by atomic mass is 10.2. The zero-order chi connectivity index (χ0) is 22.1. The Kier molecular flexibility index (Phi) is 8.08. The summed E-state index contributed by atoms with van der Waals surface area (Å²) in [5, 5.41) is 22.9. The number of aromatic nitrogens is 3. The maximum absolute atomic E-state index is 12.1. The number of phenolic OH excluding ortho intramolecular Hbond substituents is 1. The largest absolute Gasteiger partial charge is 0.507 e. The van der Waals surface area contributed by atoms with Gasteiger partial charge in [0.05, 0.1) is 12.0 Å². The molecule has 3 rings (SSSR count). The fourth-order valence-corrected chi connectivity index (χ4v) is 3.41. The van der Waals surface area contributed by atoms with Crippen molar-refractivity contribution in [3.63, 3.8) is 0 Å². The molecule has 31 heavy (non-hydrogen) atoms. The Labute approximate surface area is 188 Å². The van der Waals surface area contributed by atoms with E-state index in [0.29, 0.717) is 28.1 Å². The first-order valence-electron chi connectivity index (χ1n) is 9.21. The average Bonchev–Trinajstić information content (AvgIpc) is 3.16. The number of para-hydroxylation sites is 1. The minimum Gasteiger partial charge on any atom is -0.507 e. The van der Waals surface area contributed by atoms with Crippen molar-refractivity contribution in [3.05, 3.63) is 77.6 Å². The standard InChI is InChI=1S/C21H20ClN5O3S/c1-2-10-27-19(13-30-17-6-4-3-5-7-17)24-26-21(27)31-14-20(29)25-23-12-15-11-16(22)8-9-18(15)28/h2-9,11-12,28H,1,10,13-14H2,(H,25,29)/b23-12-. The van der Waals surface area contributed by atoms with E-state index in [0.717, 1.165) is 5.75 Å². The van der Waals surface area contributed by atoms with Gasteiger partial charge in [-0.25, -0.2) is 5.43 Å². The summed E-state index contributed by atoms with van der Waals surface area (Å²) in [4.78, 5) is 12.1. The van der Waals surface area contributed by atoms with Crippen LogP contribution in [0.2, 0.25) is 5.02 Å². The molecule has 160 valence electrons. The number of rotatable bonds is 10. The van der Waals surface area contributed by atoms with Gasteiger partial charge in [0.1, 0.15) is 18.1 Å². The summed E-state index contributed by atoms with van der Waals surface area (Å²) in [6.07, 6.45) is 3.05. The van der Waals surface area contributed by atoms with Crippen LogP contribution in [0, 0.1) is 0 Å². The number of amides is 1. The number of hydrogen-bond acceptors (Lipinski definition) is 7. The summed E-state index contributed by atoms with van der Waals surface area (Å²) in [6.45, 7) is 4.48. The lowest BCUT2D eigenvalue weighted by Crippen LogP contribution is -2.20. The Morgan fingerprint density at radius 1 is 1.29 bits per heavy atom. The van der Waals surface area contributed by atoms with Crippen molar-refractivity contribution in [2.75, 3.05) is 5.75 Å². The first-order chi connectivity index (χ1) is 15.1. The maximum atomic E-state index is 12.1. The van der Waals surface area contributed by atoms with Crippen molar-refractivity contribution in [3.8, 4) is 11.5 Å². The Morgan fingerprint density at radius 3 is 2.87 bits per heavy atom. The number of nitrogens with one attached hydrogen (secondary N) is 1. The number of hydrogen-bond donors (Lipinski definition) is 2. The topological polar surface area (TPSA) is 102 Å². The van der Waals surface area contributed by atoms with Gasteiger partial charge >= 0.3 is 0 Å². The van der Waals surface area contributed by atoms with E-state index in [1.165, 1.54) is 30.1 Å². The summed E-state index contributed by atoms with van der Waals surface area (Å²) in [7, 11) is 0. The van der Waals surface area contributed by atoms with Gasteiger partial charge in [-0.05, 0) is 30.3 Å². The van der Waals surface area contributed by atoms with Gasteiger partial charge < -0.3 is 9.84 Å². The third kappa shape index (κ3) is 6.59. The number of nitrogens with zero attached hydrogens (tertiary/aromatic N) is 4. The van der Waals surface area contributed by atoms with Crippen LogP contribution < -0.4 is 10.2 Å². The van der Waals surface area contributed by atoms with Crippen molar-refractivity contribution < 1.29 is 14.6 Å². The Morgan fingerprint density at radius 2 is 2.10 bits per heavy atom. The van der Waals surface area contributed by atoms with Crippen LogP contribution in [0.1, 0.15) is 11.4 Å². The molecule has 0 aliphatic rings. The number of allylic oxidation sites excluding steroid dienone is 1. The van der Waals surface area contributed by atoms with Gasteiger partial charge in [-0.1, -0.05) is 47.6 Å². The van der Waals surface area contributed by atoms with E-state index in [1.807, 2.05) is 34.9 Å². The third-order valence-electron chi connectivity index (χ3n) is 3.93. The Bertz CT molecular complexity index is 1070. The first kappa shape index (κ1) is 22.4. The minimum absolute atomic E-state index is 0.0135. The summed E-state index contributed by atoms with van der Waals surface area (Å²) in [6, 6.07) is 14.0. The van der Waals surface area contributed by atoms with Crippen LogP contribution in [0.25, 0.3) is 0 Å². The normalized spacial score (nSPS) is 10.9. The number of phenols is 1. The molecule has 2 aromatic carbocycles. The van der Waals surface area contributed by atoms with E-state index < -0.39 is 0 Å². The Balaban J connectivity index is 1.55. The molecule has 0 unspecified atom stereocenters. The average molecular weight is 458 g/mol. The van der Waals surface area contributed by atoms with Gasteiger partial charge in [0, 0.05) is 17.1 Å². The highest BCUT2D eigenvalue weighted by Gasteiger charge is 2.14. The van der Waals surface area contributed by atoms with Crippen LogP contribution in [-0.2, 0) is 17.9 Å². The van der Waals surface area contributed by atoms with Crippen LogP contribution in [0.4, 0.5) is 0 Å². The number of aromatic hydroxyl groups is 1. The number of carbonyl (C=O) groups is 1. The van der Waals surface area contributed by atoms with Gasteiger partial charge in [-0.15, -0.1) is 16.8 Å². The maximum Gasteiger partial charge on any atom is 0.250 e. The second-order valence-corrected chi connectivity index (χ2v) is 7.56. The van der Waals surface area contributed by atoms with Gasteiger partial charge in [-0.3, -0.25) is 9.36 Å². The third-order valence-corrected chi connectivity index (χ3v) is 5.13. The fraction of sp³-hybridized carbons (Fsp3) is 0.143. The molecule has 10 heteroatoms. The van der Waals surface area contributed by atoms with Gasteiger partial charge in [0.15, 0.2) is 11.0 Å². The molecule has 0 aliphatic heterocycles. The summed E-state index contributed by atoms with van der Waals surface area (Å²) < 4.78 is 7.57. The highest BCUT2D eigenvalue weighted by molar-refractivity contribution is 7.99. The second-order valence-electron chi connectivity index (χ2n) is 6.18. The molecule has 0 atom stereocenters. The number of thioether (sulfide) groups is 1. The van der Waals surface area contributed by atoms with Gasteiger partial charge in [0.2, 0.25) is 0 Å². The molecule has 0 saturated carbocycles. The summed E-state index contributed by atoms with van der Waals surface area (Å²) >= 11 is 7.10. The molecule has 1 heterocycles. The summed E-state index contributed by atoms with van der Waals surface area (Å²) in [5.41, 5.74) is 2.80. The number of benzene rings is 2. The van der Waals surface area contributed by atoms with Crippen LogP contribution in [0.5, 0.6) is 11.5 Å². The van der Waals surface area contributed by atoms with Crippen molar-refractivity contribution in [1.82, 2.24) is 20.2 Å². The molecule has 0 fully saturated rings. The van der Waals surface area contributed by atoms with Crippen molar-refractivity contribution >= 4 is 35.5 Å². The monoisotopic (exact) mass is 457 g/mol. The zero-order valence-electron chi connectivity index (χ0n) is 16.4. The molecule has 0 radical (unpaired) electrons. The lowest BCUT2D eigenvalue weighted by molar-refractivity contribution is -0.118. The number of ether oxygens (including phenoxy) is 1. The van der Waals surface area contributed by atoms with Crippen LogP contribution >= 0.6 is 23.4 Å². The molecule has 1 amide bonds. The molecule has 0 bridgehead atoms.